The van der Waals surface area contributed by atoms with Gasteiger partial charge in [-0.25, -0.2) is 4.68 Å². The largest absolute Gasteiger partial charge is 0.383 e. The Hall–Kier alpha value is -2.19. The van der Waals surface area contributed by atoms with Gasteiger partial charge >= 0.3 is 0 Å². The zero-order chi connectivity index (χ0) is 23.0. The summed E-state index contributed by atoms with van der Waals surface area (Å²) < 4.78 is 7.64. The number of hydrogen-bond acceptors (Lipinski definition) is 6. The molecular weight excluding hydrogens is 430 g/mol. The Morgan fingerprint density at radius 1 is 1.03 bits per heavy atom. The van der Waals surface area contributed by atoms with Crippen molar-refractivity contribution >= 4 is 17.2 Å². The molecule has 0 atom stereocenters. The van der Waals surface area contributed by atoms with Crippen LogP contribution in [0.25, 0.3) is 5.69 Å². The fourth-order valence-corrected chi connectivity index (χ4v) is 5.24. The molecule has 7 heteroatoms. The van der Waals surface area contributed by atoms with Crippen molar-refractivity contribution in [2.45, 2.75) is 33.4 Å². The highest BCUT2D eigenvalue weighted by atomic mass is 32.1. The number of hydrogen-bond donors (Lipinski definition) is 0. The molecule has 0 unspecified atom stereocenters. The second-order valence-corrected chi connectivity index (χ2v) is 9.39. The number of aryl methyl sites for hydroxylation is 1. The third kappa shape index (κ3) is 5.84. The van der Waals surface area contributed by atoms with Crippen molar-refractivity contribution in [3.8, 4) is 5.69 Å². The topological polar surface area (TPSA) is 36.8 Å². The number of aromatic nitrogens is 2. The van der Waals surface area contributed by atoms with Crippen LogP contribution in [0.3, 0.4) is 0 Å². The zero-order valence-electron chi connectivity index (χ0n) is 20.2. The van der Waals surface area contributed by atoms with Crippen LogP contribution in [-0.2, 0) is 24.2 Å². The van der Waals surface area contributed by atoms with Crippen LogP contribution < -0.4 is 4.90 Å². The van der Waals surface area contributed by atoms with Crippen LogP contribution >= 0.6 is 11.3 Å². The summed E-state index contributed by atoms with van der Waals surface area (Å²) in [6, 6.07) is 12.8. The van der Waals surface area contributed by atoms with Gasteiger partial charge in [-0.3, -0.25) is 4.90 Å². The fourth-order valence-electron chi connectivity index (χ4n) is 4.58. The van der Waals surface area contributed by atoms with Gasteiger partial charge in [0.1, 0.15) is 5.82 Å². The number of nitrogens with zero attached hydrogens (tertiary/aromatic N) is 5. The molecule has 1 aliphatic heterocycles. The Morgan fingerprint density at radius 2 is 1.82 bits per heavy atom. The van der Waals surface area contributed by atoms with E-state index in [-0.39, 0.29) is 0 Å². The third-order valence-electron chi connectivity index (χ3n) is 6.47. The van der Waals surface area contributed by atoms with Crippen LogP contribution in [0.2, 0.25) is 0 Å². The molecule has 1 saturated heterocycles. The summed E-state index contributed by atoms with van der Waals surface area (Å²) in [7, 11) is 1.78. The molecule has 3 aromatic rings. The summed E-state index contributed by atoms with van der Waals surface area (Å²) in [5.41, 5.74) is 5.05. The number of methoxy groups -OCH3 is 1. The van der Waals surface area contributed by atoms with E-state index < -0.39 is 0 Å². The van der Waals surface area contributed by atoms with Gasteiger partial charge in [0, 0.05) is 58.5 Å². The van der Waals surface area contributed by atoms with Crippen molar-refractivity contribution in [3.63, 3.8) is 0 Å². The molecule has 0 amide bonds. The lowest BCUT2D eigenvalue weighted by atomic mass is 10.1. The Morgan fingerprint density at radius 3 is 2.45 bits per heavy atom. The maximum atomic E-state index is 5.46. The summed E-state index contributed by atoms with van der Waals surface area (Å²) in [6.45, 7) is 13.3. The minimum Gasteiger partial charge on any atom is -0.383 e. The quantitative estimate of drug-likeness (QED) is 0.421. The summed E-state index contributed by atoms with van der Waals surface area (Å²) in [4.78, 5) is 7.59. The Bertz CT molecular complexity index is 964. The van der Waals surface area contributed by atoms with E-state index in [1.54, 1.807) is 18.4 Å². The average molecular weight is 468 g/mol. The van der Waals surface area contributed by atoms with Gasteiger partial charge in [-0.1, -0.05) is 32.0 Å². The lowest BCUT2D eigenvalue weighted by Crippen LogP contribution is -2.47. The van der Waals surface area contributed by atoms with Crippen LogP contribution in [0.1, 0.15) is 30.7 Å². The third-order valence-corrected chi connectivity index (χ3v) is 7.21. The highest BCUT2D eigenvalue weighted by Crippen LogP contribution is 2.31. The summed E-state index contributed by atoms with van der Waals surface area (Å²) in [6.07, 6.45) is 0.924. The second-order valence-electron chi connectivity index (χ2n) is 8.61. The Kier molecular flexibility index (Phi) is 8.56. The smallest absolute Gasteiger partial charge is 0.137 e. The van der Waals surface area contributed by atoms with Gasteiger partial charge in [-0.15, -0.1) is 0 Å². The number of piperazine rings is 1. The van der Waals surface area contributed by atoms with Crippen molar-refractivity contribution in [1.29, 1.82) is 0 Å². The molecule has 6 nitrogen and oxygen atoms in total. The first kappa shape index (κ1) is 24.0. The van der Waals surface area contributed by atoms with Crippen molar-refractivity contribution in [3.05, 3.63) is 64.0 Å². The van der Waals surface area contributed by atoms with Gasteiger partial charge in [0.25, 0.3) is 0 Å². The standard InChI is InChI=1S/C26H37N5OS/c1-4-25-24(20-29(16-17-32-3)19-22-11-18-33-21-22)26(30-14-12-28(5-2)13-15-30)31(27-25)23-9-7-6-8-10-23/h6-11,18,21H,4-5,12-17,19-20H2,1-3H3. The second kappa shape index (κ2) is 11.8. The first-order valence-electron chi connectivity index (χ1n) is 12.1. The number of anilines is 1. The lowest BCUT2D eigenvalue weighted by Gasteiger charge is -2.36. The maximum absolute atomic E-state index is 5.46. The molecule has 0 N–H and O–H groups in total. The summed E-state index contributed by atoms with van der Waals surface area (Å²) in [5, 5.41) is 9.56. The van der Waals surface area contributed by atoms with Crippen LogP contribution in [0.5, 0.6) is 0 Å². The molecule has 33 heavy (non-hydrogen) atoms. The van der Waals surface area contributed by atoms with Crippen molar-refractivity contribution < 1.29 is 4.74 Å². The molecule has 1 aliphatic rings. The molecule has 178 valence electrons. The molecule has 2 aromatic heterocycles. The van der Waals surface area contributed by atoms with E-state index in [0.29, 0.717) is 0 Å². The molecule has 1 fully saturated rings. The van der Waals surface area contributed by atoms with Crippen LogP contribution in [-0.4, -0.2) is 72.6 Å². The number of para-hydroxylation sites is 1. The molecule has 1 aromatic carbocycles. The zero-order valence-corrected chi connectivity index (χ0v) is 21.1. The number of benzene rings is 1. The molecule has 0 radical (unpaired) electrons. The lowest BCUT2D eigenvalue weighted by molar-refractivity contribution is 0.140. The van der Waals surface area contributed by atoms with Gasteiger partial charge < -0.3 is 14.5 Å². The number of thiophene rings is 1. The van der Waals surface area contributed by atoms with E-state index in [1.807, 2.05) is 0 Å². The first-order chi connectivity index (χ1) is 16.2. The van der Waals surface area contributed by atoms with Gasteiger partial charge in [0.15, 0.2) is 0 Å². The highest BCUT2D eigenvalue weighted by Gasteiger charge is 2.27. The Balaban J connectivity index is 1.71. The monoisotopic (exact) mass is 467 g/mol. The van der Waals surface area contributed by atoms with Crippen LogP contribution in [0.4, 0.5) is 5.82 Å². The summed E-state index contributed by atoms with van der Waals surface area (Å²) in [5.74, 6) is 1.27. The maximum Gasteiger partial charge on any atom is 0.137 e. The van der Waals surface area contributed by atoms with Gasteiger partial charge in [-0.05, 0) is 47.5 Å². The average Bonchev–Trinajstić information content (AvgIpc) is 3.51. The molecule has 4 rings (SSSR count). The van der Waals surface area contributed by atoms with Gasteiger partial charge in [0.05, 0.1) is 18.0 Å². The van der Waals surface area contributed by atoms with E-state index in [9.17, 15) is 0 Å². The van der Waals surface area contributed by atoms with E-state index in [1.165, 1.54) is 22.6 Å². The molecule has 0 bridgehead atoms. The van der Waals surface area contributed by atoms with E-state index >= 15 is 0 Å². The van der Waals surface area contributed by atoms with Crippen molar-refractivity contribution in [1.82, 2.24) is 19.6 Å². The van der Waals surface area contributed by atoms with Gasteiger partial charge in [0.2, 0.25) is 0 Å². The molecule has 0 aliphatic carbocycles. The predicted molar refractivity (Wildman–Crippen MR) is 138 cm³/mol. The predicted octanol–water partition coefficient (Wildman–Crippen LogP) is 4.29. The summed E-state index contributed by atoms with van der Waals surface area (Å²) >= 11 is 1.76. The first-order valence-corrected chi connectivity index (χ1v) is 13.0. The molecular formula is C26H37N5OS. The normalized spacial score (nSPS) is 15.0. The Labute approximate surface area is 202 Å². The van der Waals surface area contributed by atoms with Crippen LogP contribution in [0.15, 0.2) is 47.2 Å². The van der Waals surface area contributed by atoms with E-state index in [4.69, 9.17) is 9.84 Å². The van der Waals surface area contributed by atoms with E-state index in [0.717, 1.165) is 71.1 Å². The minimum atomic E-state index is 0.725. The number of rotatable bonds is 11. The van der Waals surface area contributed by atoms with Crippen molar-refractivity contribution in [2.75, 3.05) is 57.9 Å². The fraction of sp³-hybridized carbons (Fsp3) is 0.500. The minimum absolute atomic E-state index is 0.725. The molecule has 3 heterocycles. The number of ether oxygens (including phenoxy) is 1. The molecule has 0 spiro atoms. The van der Waals surface area contributed by atoms with Gasteiger partial charge in [-0.2, -0.15) is 16.4 Å². The van der Waals surface area contributed by atoms with Crippen molar-refractivity contribution in [2.24, 2.45) is 0 Å². The number of likely N-dealkylation sites (N-methyl/N-ethyl adjacent to an activating group) is 1. The van der Waals surface area contributed by atoms with E-state index in [2.05, 4.69) is 80.4 Å². The SMILES string of the molecule is CCc1nn(-c2ccccc2)c(N2CCN(CC)CC2)c1CN(CCOC)Cc1ccsc1. The molecule has 0 saturated carbocycles. The highest BCUT2D eigenvalue weighted by molar-refractivity contribution is 7.07. The van der Waals surface area contributed by atoms with Crippen LogP contribution in [0, 0.1) is 0 Å².